The number of nitrogen functional groups attached to an aromatic ring is 2. The summed E-state index contributed by atoms with van der Waals surface area (Å²) in [5, 5.41) is 13.1. The topological polar surface area (TPSA) is 156 Å². The standard InChI is InChI=1S/C23H43N7O4Si2/c1-21(2,3)35(7,8)32-13-23(12-27-31)15(34-36(9,10)22(4,5)6)11-16(33-23)30-14-26-17-18(24)28-20(25)29-19(17)30/h12,14-16,31H,11,13H2,1-10H3,(H4,24,25,28,29)/b27-12+/t15-,16+,23+/m0/s1. The van der Waals surface area contributed by atoms with Gasteiger partial charge in [-0.15, -0.1) is 0 Å². The summed E-state index contributed by atoms with van der Waals surface area (Å²) in [6.07, 6.45) is 2.53. The lowest BCUT2D eigenvalue weighted by Gasteiger charge is -2.43. The van der Waals surface area contributed by atoms with Gasteiger partial charge in [0.2, 0.25) is 5.95 Å². The smallest absolute Gasteiger partial charge is 0.224 e. The molecule has 202 valence electrons. The zero-order valence-electron chi connectivity index (χ0n) is 23.3. The lowest BCUT2D eigenvalue weighted by atomic mass is 9.99. The normalized spacial score (nSPS) is 24.3. The van der Waals surface area contributed by atoms with Gasteiger partial charge in [-0.2, -0.15) is 9.97 Å². The number of ether oxygens (including phenoxy) is 1. The molecule has 0 spiro atoms. The molecule has 3 rings (SSSR count). The van der Waals surface area contributed by atoms with Crippen molar-refractivity contribution < 1.29 is 18.8 Å². The zero-order chi connectivity index (χ0) is 27.3. The number of hydrogen-bond acceptors (Lipinski definition) is 10. The number of nitrogens with zero attached hydrogens (tertiary/aromatic N) is 5. The van der Waals surface area contributed by atoms with Crippen LogP contribution in [0.25, 0.3) is 11.2 Å². The Kier molecular flexibility index (Phi) is 7.40. The van der Waals surface area contributed by atoms with E-state index in [1.807, 2.05) is 0 Å². The number of anilines is 2. The highest BCUT2D eigenvalue weighted by Crippen LogP contribution is 2.46. The second-order valence-electron chi connectivity index (χ2n) is 12.7. The maximum atomic E-state index is 9.75. The molecule has 1 aliphatic rings. The lowest BCUT2D eigenvalue weighted by Crippen LogP contribution is -2.55. The highest BCUT2D eigenvalue weighted by Gasteiger charge is 2.55. The van der Waals surface area contributed by atoms with Gasteiger partial charge in [-0.3, -0.25) is 4.57 Å². The Morgan fingerprint density at radius 3 is 2.31 bits per heavy atom. The van der Waals surface area contributed by atoms with Gasteiger partial charge in [0.05, 0.1) is 25.3 Å². The maximum absolute atomic E-state index is 9.75. The molecule has 2 aromatic rings. The molecule has 1 aliphatic heterocycles. The van der Waals surface area contributed by atoms with Gasteiger partial charge in [0.1, 0.15) is 11.7 Å². The van der Waals surface area contributed by atoms with E-state index >= 15 is 0 Å². The zero-order valence-corrected chi connectivity index (χ0v) is 25.3. The summed E-state index contributed by atoms with van der Waals surface area (Å²) < 4.78 is 22.0. The molecule has 0 aliphatic carbocycles. The van der Waals surface area contributed by atoms with E-state index in [1.165, 1.54) is 6.21 Å². The number of hydrogen-bond donors (Lipinski definition) is 3. The minimum Gasteiger partial charge on any atom is -0.413 e. The summed E-state index contributed by atoms with van der Waals surface area (Å²) in [6, 6.07) is 0. The van der Waals surface area contributed by atoms with E-state index < -0.39 is 34.6 Å². The molecule has 3 heterocycles. The number of nitrogens with two attached hydrogens (primary N) is 2. The van der Waals surface area contributed by atoms with E-state index in [4.69, 9.17) is 25.1 Å². The number of oxime groups is 1. The van der Waals surface area contributed by atoms with E-state index in [0.717, 1.165) is 0 Å². The predicted molar refractivity (Wildman–Crippen MR) is 147 cm³/mol. The minimum atomic E-state index is -2.24. The van der Waals surface area contributed by atoms with Gasteiger partial charge < -0.3 is 30.3 Å². The van der Waals surface area contributed by atoms with Crippen molar-refractivity contribution in [2.24, 2.45) is 5.16 Å². The summed E-state index contributed by atoms with van der Waals surface area (Å²) in [5.74, 6) is 0.256. The Hall–Kier alpha value is -2.07. The average molecular weight is 538 g/mol. The Morgan fingerprint density at radius 2 is 1.75 bits per heavy atom. The van der Waals surface area contributed by atoms with Crippen LogP contribution in [0.3, 0.4) is 0 Å². The number of fused-ring (bicyclic) bond motifs is 1. The Morgan fingerprint density at radius 1 is 1.14 bits per heavy atom. The monoisotopic (exact) mass is 537 g/mol. The van der Waals surface area contributed by atoms with E-state index in [-0.39, 0.29) is 28.4 Å². The van der Waals surface area contributed by atoms with Crippen LogP contribution in [0.4, 0.5) is 11.8 Å². The first-order valence-electron chi connectivity index (χ1n) is 12.3. The highest BCUT2D eigenvalue weighted by atomic mass is 28.4. The van der Waals surface area contributed by atoms with Crippen molar-refractivity contribution in [3.05, 3.63) is 6.33 Å². The summed E-state index contributed by atoms with van der Waals surface area (Å²) >= 11 is 0. The molecule has 0 unspecified atom stereocenters. The molecule has 1 fully saturated rings. The fourth-order valence-corrected chi connectivity index (χ4v) is 6.04. The van der Waals surface area contributed by atoms with Gasteiger partial charge in [0.15, 0.2) is 33.7 Å². The van der Waals surface area contributed by atoms with Crippen LogP contribution in [-0.2, 0) is 13.6 Å². The third kappa shape index (κ3) is 5.30. The molecule has 11 nitrogen and oxygen atoms in total. The van der Waals surface area contributed by atoms with Crippen molar-refractivity contribution in [1.29, 1.82) is 0 Å². The number of rotatable bonds is 7. The first-order chi connectivity index (χ1) is 16.3. The van der Waals surface area contributed by atoms with Crippen LogP contribution in [0.1, 0.15) is 54.2 Å². The summed E-state index contributed by atoms with van der Waals surface area (Å²) in [6.45, 7) is 22.0. The van der Waals surface area contributed by atoms with Gasteiger partial charge in [-0.05, 0) is 36.3 Å². The Bertz CT molecular complexity index is 1120. The van der Waals surface area contributed by atoms with Crippen molar-refractivity contribution in [2.45, 2.75) is 102 Å². The first kappa shape index (κ1) is 28.5. The van der Waals surface area contributed by atoms with Crippen LogP contribution >= 0.6 is 0 Å². The molecule has 1 saturated heterocycles. The molecular weight excluding hydrogens is 494 g/mol. The van der Waals surface area contributed by atoms with Gasteiger partial charge in [0, 0.05) is 6.42 Å². The summed E-state index contributed by atoms with van der Waals surface area (Å²) in [4.78, 5) is 12.8. The fourth-order valence-electron chi connectivity index (χ4n) is 3.66. The maximum Gasteiger partial charge on any atom is 0.224 e. The third-order valence-electron chi connectivity index (χ3n) is 8.08. The highest BCUT2D eigenvalue weighted by molar-refractivity contribution is 6.74. The molecule has 0 bridgehead atoms. The molecule has 0 amide bonds. The van der Waals surface area contributed by atoms with Crippen LogP contribution < -0.4 is 11.5 Å². The van der Waals surface area contributed by atoms with Crippen LogP contribution in [0.5, 0.6) is 0 Å². The van der Waals surface area contributed by atoms with Crippen molar-refractivity contribution in [3.63, 3.8) is 0 Å². The van der Waals surface area contributed by atoms with Gasteiger partial charge >= 0.3 is 0 Å². The largest absolute Gasteiger partial charge is 0.413 e. The third-order valence-corrected chi connectivity index (χ3v) is 17.0. The van der Waals surface area contributed by atoms with E-state index in [2.05, 4.69) is 87.8 Å². The molecule has 3 atom stereocenters. The molecule has 2 aromatic heterocycles. The van der Waals surface area contributed by atoms with Crippen molar-refractivity contribution in [1.82, 2.24) is 19.5 Å². The van der Waals surface area contributed by atoms with Crippen molar-refractivity contribution in [3.8, 4) is 0 Å². The van der Waals surface area contributed by atoms with Crippen molar-refractivity contribution >= 4 is 45.8 Å². The summed E-state index contributed by atoms with van der Waals surface area (Å²) in [5.41, 5.74) is 11.7. The minimum absolute atomic E-state index is 0.00907. The van der Waals surface area contributed by atoms with Crippen molar-refractivity contribution in [2.75, 3.05) is 18.1 Å². The van der Waals surface area contributed by atoms with Crippen LogP contribution in [0.15, 0.2) is 11.5 Å². The SMILES string of the molecule is CC(C)(C)[Si](C)(C)OC[C@@]1(/C=N/O)O[C@@H](n2cnc3c(N)nc(N)nc32)C[C@@H]1O[Si](C)(C)C(C)(C)C. The second-order valence-corrected chi connectivity index (χ2v) is 22.3. The predicted octanol–water partition coefficient (Wildman–Crippen LogP) is 4.52. The molecule has 13 heteroatoms. The molecular formula is C23H43N7O4Si2. The summed E-state index contributed by atoms with van der Waals surface area (Å²) in [7, 11) is -4.40. The quantitative estimate of drug-likeness (QED) is 0.200. The lowest BCUT2D eigenvalue weighted by molar-refractivity contribution is -0.0751. The fraction of sp³-hybridized carbons (Fsp3) is 0.739. The van der Waals surface area contributed by atoms with Crippen LogP contribution in [-0.4, -0.2) is 65.9 Å². The number of imidazole rings is 1. The number of aromatic nitrogens is 4. The van der Waals surface area contributed by atoms with E-state index in [9.17, 15) is 5.21 Å². The first-order valence-corrected chi connectivity index (χ1v) is 18.1. The van der Waals surface area contributed by atoms with E-state index in [1.54, 1.807) is 10.9 Å². The van der Waals surface area contributed by atoms with Gasteiger partial charge in [0.25, 0.3) is 0 Å². The second kappa shape index (κ2) is 9.35. The van der Waals surface area contributed by atoms with Gasteiger partial charge in [-0.25, -0.2) is 4.98 Å². The Balaban J connectivity index is 2.07. The molecule has 0 saturated carbocycles. The average Bonchev–Trinajstić information content (AvgIpc) is 3.27. The molecule has 36 heavy (non-hydrogen) atoms. The van der Waals surface area contributed by atoms with Crippen LogP contribution in [0.2, 0.25) is 36.3 Å². The molecule has 5 N–H and O–H groups in total. The Labute approximate surface area is 215 Å². The van der Waals surface area contributed by atoms with Crippen LogP contribution in [0, 0.1) is 0 Å². The van der Waals surface area contributed by atoms with E-state index in [0.29, 0.717) is 17.6 Å². The van der Waals surface area contributed by atoms with Gasteiger partial charge in [-0.1, -0.05) is 46.7 Å². The molecule has 0 aromatic carbocycles. The molecule has 0 radical (unpaired) electrons.